The molecule has 0 aromatic rings. The number of nitrogens with zero attached hydrogens (tertiary/aromatic N) is 1. The molecular formula is C13H31N3. The van der Waals surface area contributed by atoms with Gasteiger partial charge in [-0.1, -0.05) is 27.7 Å². The molecule has 0 aliphatic rings. The van der Waals surface area contributed by atoms with Crippen LogP contribution in [0.2, 0.25) is 0 Å². The quantitative estimate of drug-likeness (QED) is 0.728. The van der Waals surface area contributed by atoms with Crippen LogP contribution in [0, 0.1) is 10.8 Å². The van der Waals surface area contributed by atoms with Crippen molar-refractivity contribution in [3.63, 3.8) is 0 Å². The molecule has 0 bridgehead atoms. The normalized spacial score (nSPS) is 14.6. The zero-order chi connectivity index (χ0) is 13.2. The number of hydrogen-bond donors (Lipinski definition) is 2. The van der Waals surface area contributed by atoms with E-state index >= 15 is 0 Å². The van der Waals surface area contributed by atoms with Crippen molar-refractivity contribution in [2.24, 2.45) is 22.3 Å². The molecule has 0 fully saturated rings. The molecule has 4 N–H and O–H groups in total. The van der Waals surface area contributed by atoms with E-state index in [-0.39, 0.29) is 16.4 Å². The predicted octanol–water partition coefficient (Wildman–Crippen LogP) is 1.67. The van der Waals surface area contributed by atoms with Gasteiger partial charge in [0, 0.05) is 12.1 Å². The van der Waals surface area contributed by atoms with E-state index in [1.807, 2.05) is 0 Å². The van der Waals surface area contributed by atoms with Crippen LogP contribution in [-0.2, 0) is 0 Å². The maximum Gasteiger partial charge on any atom is 0.0213 e. The van der Waals surface area contributed by atoms with Crippen LogP contribution in [0.15, 0.2) is 0 Å². The Bertz CT molecular complexity index is 219. The molecule has 16 heavy (non-hydrogen) atoms. The van der Waals surface area contributed by atoms with Crippen molar-refractivity contribution in [3.8, 4) is 0 Å². The molecule has 0 rings (SSSR count). The molecular weight excluding hydrogens is 198 g/mol. The lowest BCUT2D eigenvalue weighted by Crippen LogP contribution is -2.57. The van der Waals surface area contributed by atoms with Crippen molar-refractivity contribution >= 4 is 0 Å². The Morgan fingerprint density at radius 3 is 1.62 bits per heavy atom. The molecule has 0 aliphatic heterocycles. The highest BCUT2D eigenvalue weighted by atomic mass is 15.2. The Hall–Kier alpha value is -0.120. The van der Waals surface area contributed by atoms with Crippen LogP contribution in [-0.4, -0.2) is 37.1 Å². The van der Waals surface area contributed by atoms with Crippen molar-refractivity contribution in [1.82, 2.24) is 4.90 Å². The fraction of sp³-hybridized carbons (Fsp3) is 1.00. The summed E-state index contributed by atoms with van der Waals surface area (Å²) >= 11 is 0. The van der Waals surface area contributed by atoms with E-state index in [9.17, 15) is 0 Å². The topological polar surface area (TPSA) is 55.3 Å². The minimum atomic E-state index is 0.0637. The van der Waals surface area contributed by atoms with Gasteiger partial charge in [0.2, 0.25) is 0 Å². The summed E-state index contributed by atoms with van der Waals surface area (Å²) in [7, 11) is 2.16. The summed E-state index contributed by atoms with van der Waals surface area (Å²) in [5.41, 5.74) is 12.0. The second-order valence-electron chi connectivity index (χ2n) is 6.87. The summed E-state index contributed by atoms with van der Waals surface area (Å²) in [5, 5.41) is 0. The number of nitrogens with two attached hydrogens (primary N) is 2. The van der Waals surface area contributed by atoms with Crippen LogP contribution < -0.4 is 11.5 Å². The van der Waals surface area contributed by atoms with Gasteiger partial charge in [-0.05, 0) is 44.8 Å². The number of hydrogen-bond acceptors (Lipinski definition) is 3. The lowest BCUT2D eigenvalue weighted by atomic mass is 9.73. The van der Waals surface area contributed by atoms with Crippen LogP contribution in [0.4, 0.5) is 0 Å². The van der Waals surface area contributed by atoms with Gasteiger partial charge in [0.25, 0.3) is 0 Å². The Morgan fingerprint density at radius 1 is 0.875 bits per heavy atom. The van der Waals surface area contributed by atoms with Crippen LogP contribution in [0.25, 0.3) is 0 Å². The van der Waals surface area contributed by atoms with Crippen LogP contribution >= 0.6 is 0 Å². The van der Waals surface area contributed by atoms with Gasteiger partial charge in [-0.15, -0.1) is 0 Å². The Balaban J connectivity index is 4.78. The first-order valence-electron chi connectivity index (χ1n) is 6.11. The summed E-state index contributed by atoms with van der Waals surface area (Å²) < 4.78 is 0. The smallest absolute Gasteiger partial charge is 0.0213 e. The van der Waals surface area contributed by atoms with E-state index in [1.54, 1.807) is 0 Å². The first-order chi connectivity index (χ1) is 7.00. The minimum absolute atomic E-state index is 0.0637. The van der Waals surface area contributed by atoms with Crippen molar-refractivity contribution in [2.75, 3.05) is 26.7 Å². The molecule has 0 spiro atoms. The third-order valence-electron chi connectivity index (χ3n) is 4.34. The minimum Gasteiger partial charge on any atom is -0.330 e. The summed E-state index contributed by atoms with van der Waals surface area (Å²) in [6, 6.07) is 0. The Labute approximate surface area is 102 Å². The van der Waals surface area contributed by atoms with E-state index in [0.717, 1.165) is 6.54 Å². The first-order valence-corrected chi connectivity index (χ1v) is 6.11. The van der Waals surface area contributed by atoms with E-state index in [2.05, 4.69) is 53.5 Å². The second-order valence-corrected chi connectivity index (χ2v) is 6.87. The molecule has 0 atom stereocenters. The molecule has 98 valence electrons. The lowest BCUT2D eigenvalue weighted by molar-refractivity contribution is 0.0135. The van der Waals surface area contributed by atoms with Crippen molar-refractivity contribution in [2.45, 2.75) is 47.1 Å². The molecule has 0 heterocycles. The molecule has 0 saturated heterocycles. The van der Waals surface area contributed by atoms with Crippen molar-refractivity contribution < 1.29 is 0 Å². The maximum atomic E-state index is 5.88. The molecule has 3 heteroatoms. The number of rotatable bonds is 6. The fourth-order valence-electron chi connectivity index (χ4n) is 1.67. The molecule has 0 saturated carbocycles. The van der Waals surface area contributed by atoms with Gasteiger partial charge in [0.15, 0.2) is 0 Å². The van der Waals surface area contributed by atoms with Crippen molar-refractivity contribution in [1.29, 1.82) is 0 Å². The van der Waals surface area contributed by atoms with Gasteiger partial charge < -0.3 is 16.4 Å². The largest absolute Gasteiger partial charge is 0.330 e. The molecule has 0 aliphatic carbocycles. The van der Waals surface area contributed by atoms with Gasteiger partial charge in [-0.25, -0.2) is 0 Å². The van der Waals surface area contributed by atoms with Gasteiger partial charge >= 0.3 is 0 Å². The SMILES string of the molecule is CN(CC(C)(C)CN)C(C)(C)C(C)(C)CN. The van der Waals surface area contributed by atoms with Crippen LogP contribution in [0.5, 0.6) is 0 Å². The molecule has 0 aromatic heterocycles. The summed E-state index contributed by atoms with van der Waals surface area (Å²) in [5.74, 6) is 0. The monoisotopic (exact) mass is 229 g/mol. The standard InChI is InChI=1S/C13H31N3/c1-11(2,8-14)10-16(7)13(5,6)12(3,4)9-15/h8-10,14-15H2,1-7H3. The average Bonchev–Trinajstić information content (AvgIpc) is 2.16. The van der Waals surface area contributed by atoms with Crippen LogP contribution in [0.3, 0.4) is 0 Å². The van der Waals surface area contributed by atoms with Gasteiger partial charge in [0.05, 0.1) is 0 Å². The molecule has 0 amide bonds. The molecule has 0 unspecified atom stereocenters. The zero-order valence-corrected chi connectivity index (χ0v) is 12.2. The molecule has 0 aromatic carbocycles. The average molecular weight is 229 g/mol. The lowest BCUT2D eigenvalue weighted by Gasteiger charge is -2.49. The van der Waals surface area contributed by atoms with Gasteiger partial charge in [-0.2, -0.15) is 0 Å². The highest BCUT2D eigenvalue weighted by molar-refractivity contribution is 4.96. The summed E-state index contributed by atoms with van der Waals surface area (Å²) in [6.45, 7) is 15.7. The predicted molar refractivity (Wildman–Crippen MR) is 72.4 cm³/mol. The van der Waals surface area contributed by atoms with E-state index in [4.69, 9.17) is 11.5 Å². The van der Waals surface area contributed by atoms with E-state index in [0.29, 0.717) is 13.1 Å². The summed E-state index contributed by atoms with van der Waals surface area (Å²) in [4.78, 5) is 2.38. The van der Waals surface area contributed by atoms with E-state index in [1.165, 1.54) is 0 Å². The van der Waals surface area contributed by atoms with Gasteiger partial charge in [-0.3, -0.25) is 0 Å². The first kappa shape index (κ1) is 15.9. The summed E-state index contributed by atoms with van der Waals surface area (Å²) in [6.07, 6.45) is 0. The zero-order valence-electron chi connectivity index (χ0n) is 12.2. The third kappa shape index (κ3) is 3.44. The van der Waals surface area contributed by atoms with Crippen molar-refractivity contribution in [3.05, 3.63) is 0 Å². The van der Waals surface area contributed by atoms with Gasteiger partial charge in [0.1, 0.15) is 0 Å². The highest BCUT2D eigenvalue weighted by Gasteiger charge is 2.40. The van der Waals surface area contributed by atoms with Crippen LogP contribution in [0.1, 0.15) is 41.5 Å². The Kier molecular flexibility index (Phi) is 4.99. The molecule has 3 nitrogen and oxygen atoms in total. The maximum absolute atomic E-state index is 5.88. The fourth-order valence-corrected chi connectivity index (χ4v) is 1.67. The third-order valence-corrected chi connectivity index (χ3v) is 4.34. The van der Waals surface area contributed by atoms with E-state index < -0.39 is 0 Å². The highest BCUT2D eigenvalue weighted by Crippen LogP contribution is 2.35. The second kappa shape index (κ2) is 5.03. The Morgan fingerprint density at radius 2 is 1.31 bits per heavy atom. The molecule has 0 radical (unpaired) electrons.